The fourth-order valence-corrected chi connectivity index (χ4v) is 5.04. The summed E-state index contributed by atoms with van der Waals surface area (Å²) < 4.78 is 27.9. The van der Waals surface area contributed by atoms with Gasteiger partial charge in [-0.2, -0.15) is 0 Å². The van der Waals surface area contributed by atoms with Crippen LogP contribution >= 0.6 is 11.6 Å². The Morgan fingerprint density at radius 2 is 1.79 bits per heavy atom. The van der Waals surface area contributed by atoms with Crippen molar-refractivity contribution in [2.75, 3.05) is 6.54 Å². The molecule has 0 radical (unpaired) electrons. The lowest BCUT2D eigenvalue weighted by Crippen LogP contribution is -2.40. The van der Waals surface area contributed by atoms with E-state index in [1.165, 1.54) is 4.31 Å². The summed E-state index contributed by atoms with van der Waals surface area (Å²) in [5, 5.41) is 0.649. The van der Waals surface area contributed by atoms with Crippen LogP contribution in [0.5, 0.6) is 0 Å². The molecule has 5 nitrogen and oxygen atoms in total. The minimum absolute atomic E-state index is 0.257. The van der Waals surface area contributed by atoms with Gasteiger partial charge in [-0.1, -0.05) is 52.6 Å². The number of fused-ring (bicyclic) bond motifs is 1. The minimum atomic E-state index is -3.59. The summed E-state index contributed by atoms with van der Waals surface area (Å²) >= 11 is 6.04. The predicted octanol–water partition coefficient (Wildman–Crippen LogP) is 4.63. The summed E-state index contributed by atoms with van der Waals surface area (Å²) in [6, 6.07) is 14.4. The van der Waals surface area contributed by atoms with Gasteiger partial charge in [-0.15, -0.1) is 4.31 Å². The Morgan fingerprint density at radius 3 is 2.45 bits per heavy atom. The molecule has 7 heteroatoms. The number of rotatable bonds is 4. The average molecular weight is 428 g/mol. The highest BCUT2D eigenvalue weighted by Gasteiger charge is 2.35. The van der Waals surface area contributed by atoms with E-state index < -0.39 is 10.4 Å². The van der Waals surface area contributed by atoms with Crippen molar-refractivity contribution in [3.05, 3.63) is 76.2 Å². The van der Waals surface area contributed by atoms with E-state index in [0.29, 0.717) is 22.9 Å². The molecule has 0 amide bonds. The second kappa shape index (κ2) is 7.95. The standard InChI is InChI=1S/C22H22ClN3O2S/c1-3-21-24-20-12-13-26(29(27,28)18-10-4-15(2)5-11-18)14-19(20)22(25-21)16-6-8-17(23)9-7-16/h4-11H,3,12-14H2,1-2H3. The molecule has 1 aliphatic rings. The molecule has 0 N–H and O–H groups in total. The van der Waals surface area contributed by atoms with Crippen molar-refractivity contribution in [1.29, 1.82) is 0 Å². The van der Waals surface area contributed by atoms with Crippen LogP contribution in [0.25, 0.3) is 11.3 Å². The van der Waals surface area contributed by atoms with Gasteiger partial charge in [0.25, 0.3) is 0 Å². The molecule has 1 aromatic heterocycles. The highest BCUT2D eigenvalue weighted by Crippen LogP contribution is 2.33. The van der Waals surface area contributed by atoms with E-state index in [4.69, 9.17) is 16.6 Å². The van der Waals surface area contributed by atoms with Crippen molar-refractivity contribution >= 4 is 22.0 Å². The zero-order valence-corrected chi connectivity index (χ0v) is 18.0. The molecule has 2 aromatic carbocycles. The first-order chi connectivity index (χ1) is 13.9. The van der Waals surface area contributed by atoms with Crippen molar-refractivity contribution in [2.45, 2.75) is 38.1 Å². The third kappa shape index (κ3) is 3.98. The quantitative estimate of drug-likeness (QED) is 0.569. The molecular formula is C22H22ClN3O2S. The topological polar surface area (TPSA) is 69.2 Å². The Labute approximate surface area is 177 Å². The smallest absolute Gasteiger partial charge is 0.175 e. The van der Waals surface area contributed by atoms with Gasteiger partial charge in [-0.25, -0.2) is 9.97 Å². The van der Waals surface area contributed by atoms with Gasteiger partial charge in [0, 0.05) is 29.0 Å². The van der Waals surface area contributed by atoms with Crippen LogP contribution < -0.4 is 0 Å². The first-order valence-electron chi connectivity index (χ1n) is 9.60. The Hall–Kier alpha value is -2.12. The van der Waals surface area contributed by atoms with E-state index in [-0.39, 0.29) is 6.54 Å². The molecule has 0 bridgehead atoms. The highest BCUT2D eigenvalue weighted by molar-refractivity contribution is 7.95. The monoisotopic (exact) mass is 427 g/mol. The second-order valence-electron chi connectivity index (χ2n) is 7.18. The molecular weight excluding hydrogens is 406 g/mol. The Bertz CT molecular complexity index is 1080. The molecule has 0 spiro atoms. The van der Waals surface area contributed by atoms with Crippen LogP contribution in [0.4, 0.5) is 0 Å². The molecule has 1 unspecified atom stereocenters. The lowest BCUT2D eigenvalue weighted by atomic mass is 10.00. The zero-order valence-electron chi connectivity index (χ0n) is 16.4. The number of nitrogens with zero attached hydrogens (tertiary/aromatic N) is 3. The predicted molar refractivity (Wildman–Crippen MR) is 114 cm³/mol. The maximum Gasteiger partial charge on any atom is 0.175 e. The normalized spacial score (nSPS) is 16.3. The molecule has 3 aromatic rings. The zero-order chi connectivity index (χ0) is 20.6. The Morgan fingerprint density at radius 1 is 1.10 bits per heavy atom. The number of aromatic nitrogens is 2. The number of halogens is 1. The molecule has 150 valence electrons. The summed E-state index contributed by atoms with van der Waals surface area (Å²) in [5.41, 5.74) is 4.52. The maximum atomic E-state index is 13.2. The lowest BCUT2D eigenvalue weighted by molar-refractivity contribution is 0.337. The molecule has 0 saturated heterocycles. The van der Waals surface area contributed by atoms with E-state index in [2.05, 4.69) is 4.98 Å². The summed E-state index contributed by atoms with van der Waals surface area (Å²) in [4.78, 5) is 9.72. The van der Waals surface area contributed by atoms with Crippen molar-refractivity contribution < 1.29 is 8.76 Å². The van der Waals surface area contributed by atoms with Crippen LogP contribution in [0.2, 0.25) is 5.02 Å². The molecule has 1 atom stereocenters. The van der Waals surface area contributed by atoms with Gasteiger partial charge in [0.2, 0.25) is 0 Å². The third-order valence-electron chi connectivity index (χ3n) is 5.16. The molecule has 4 rings (SSSR count). The van der Waals surface area contributed by atoms with Gasteiger partial charge < -0.3 is 4.55 Å². The van der Waals surface area contributed by atoms with E-state index in [1.807, 2.05) is 50.2 Å². The van der Waals surface area contributed by atoms with Gasteiger partial charge in [0.15, 0.2) is 15.3 Å². The van der Waals surface area contributed by atoms with Crippen LogP contribution in [0.1, 0.15) is 29.6 Å². The largest absolute Gasteiger partial charge is 0.593 e. The van der Waals surface area contributed by atoms with Gasteiger partial charge in [0.1, 0.15) is 5.82 Å². The molecule has 2 heterocycles. The highest BCUT2D eigenvalue weighted by atomic mass is 35.5. The van der Waals surface area contributed by atoms with Crippen LogP contribution in [-0.4, -0.2) is 25.4 Å². The van der Waals surface area contributed by atoms with E-state index >= 15 is 0 Å². The molecule has 1 aliphatic heterocycles. The maximum absolute atomic E-state index is 13.2. The summed E-state index contributed by atoms with van der Waals surface area (Å²) in [5.74, 6) is 0.767. The second-order valence-corrected chi connectivity index (χ2v) is 9.55. The lowest BCUT2D eigenvalue weighted by Gasteiger charge is -2.32. The van der Waals surface area contributed by atoms with Crippen molar-refractivity contribution in [1.82, 2.24) is 14.3 Å². The number of hydrogen-bond acceptors (Lipinski definition) is 4. The first-order valence-corrected chi connectivity index (χ1v) is 11.4. The first kappa shape index (κ1) is 20.2. The van der Waals surface area contributed by atoms with E-state index in [1.54, 1.807) is 12.1 Å². The van der Waals surface area contributed by atoms with E-state index in [0.717, 1.165) is 40.3 Å². The van der Waals surface area contributed by atoms with Gasteiger partial charge >= 0.3 is 0 Å². The van der Waals surface area contributed by atoms with Crippen molar-refractivity contribution in [2.24, 2.45) is 0 Å². The minimum Gasteiger partial charge on any atom is -0.593 e. The summed E-state index contributed by atoms with van der Waals surface area (Å²) in [7, 11) is -3.59. The average Bonchev–Trinajstić information content (AvgIpc) is 2.73. The van der Waals surface area contributed by atoms with E-state index in [9.17, 15) is 8.76 Å². The molecule has 29 heavy (non-hydrogen) atoms. The van der Waals surface area contributed by atoms with Crippen molar-refractivity contribution in [3.63, 3.8) is 0 Å². The van der Waals surface area contributed by atoms with Crippen LogP contribution in [0, 0.1) is 6.92 Å². The van der Waals surface area contributed by atoms with Gasteiger partial charge in [-0.3, -0.25) is 0 Å². The SMILES string of the molecule is CCc1nc2c(c(-c3ccc(Cl)cc3)n1)CN([S+](=O)([O-])c1ccc(C)cc1)CC2. The molecule has 0 aliphatic carbocycles. The summed E-state index contributed by atoms with van der Waals surface area (Å²) in [6.45, 7) is 4.62. The Kier molecular flexibility index (Phi) is 5.53. The fraction of sp³-hybridized carbons (Fsp3) is 0.273. The third-order valence-corrected chi connectivity index (χ3v) is 7.28. The fourth-order valence-electron chi connectivity index (χ4n) is 3.51. The Balaban J connectivity index is 1.75. The number of hydrogen-bond donors (Lipinski definition) is 0. The number of benzene rings is 2. The van der Waals surface area contributed by atoms with Gasteiger partial charge in [0.05, 0.1) is 24.5 Å². The molecule has 0 fully saturated rings. The molecule has 0 saturated carbocycles. The number of aryl methyl sites for hydroxylation is 2. The van der Waals surface area contributed by atoms with Crippen LogP contribution in [-0.2, 0) is 34.0 Å². The van der Waals surface area contributed by atoms with Crippen LogP contribution in [0.15, 0.2) is 53.4 Å². The van der Waals surface area contributed by atoms with Gasteiger partial charge in [-0.05, 0) is 31.2 Å². The summed E-state index contributed by atoms with van der Waals surface area (Å²) in [6.07, 6.45) is 1.29. The number of sulfonamides is 1. The van der Waals surface area contributed by atoms with Crippen molar-refractivity contribution in [3.8, 4) is 11.3 Å². The van der Waals surface area contributed by atoms with Crippen LogP contribution in [0.3, 0.4) is 0 Å².